The van der Waals surface area contributed by atoms with E-state index in [2.05, 4.69) is 26.0 Å². The van der Waals surface area contributed by atoms with Gasteiger partial charge in [-0.15, -0.1) is 0 Å². The van der Waals surface area contributed by atoms with Gasteiger partial charge < -0.3 is 14.8 Å². The molecule has 1 unspecified atom stereocenters. The highest BCUT2D eigenvalue weighted by molar-refractivity contribution is 9.10. The van der Waals surface area contributed by atoms with Crippen LogP contribution in [0.1, 0.15) is 30.6 Å². The minimum atomic E-state index is -0.782. The number of hydrogen-bond acceptors (Lipinski definition) is 5. The number of carbonyl (C=O) groups is 3. The lowest BCUT2D eigenvalue weighted by Crippen LogP contribution is -2.44. The van der Waals surface area contributed by atoms with Gasteiger partial charge in [-0.3, -0.25) is 4.79 Å². The van der Waals surface area contributed by atoms with Crippen LogP contribution in [0.4, 0.5) is 0 Å². The van der Waals surface area contributed by atoms with E-state index in [1.165, 1.54) is 19.2 Å². The molecular weight excluding hydrogens is 402 g/mol. The molecule has 0 saturated heterocycles. The molecule has 1 rings (SSSR count). The summed E-state index contributed by atoms with van der Waals surface area (Å²) in [5, 5.41) is 2.72. The molecule has 6 nitrogen and oxygen atoms in total. The summed E-state index contributed by atoms with van der Waals surface area (Å²) in [5.41, 5.74) is 0.144. The van der Waals surface area contributed by atoms with Crippen LogP contribution in [0.5, 0.6) is 0 Å². The van der Waals surface area contributed by atoms with Crippen LogP contribution in [0.15, 0.2) is 22.7 Å². The molecule has 1 N–H and O–H groups in total. The Labute approximate surface area is 154 Å². The van der Waals surface area contributed by atoms with Crippen LogP contribution in [0.25, 0.3) is 0 Å². The molecule has 1 atom stereocenters. The first-order valence-electron chi connectivity index (χ1n) is 7.24. The summed E-state index contributed by atoms with van der Waals surface area (Å²) in [6, 6.07) is 3.94. The Morgan fingerprint density at radius 2 is 1.96 bits per heavy atom. The van der Waals surface area contributed by atoms with Crippen molar-refractivity contribution in [3.05, 3.63) is 33.3 Å². The molecule has 0 saturated carbocycles. The Hall–Kier alpha value is -1.60. The largest absolute Gasteiger partial charge is 0.467 e. The summed E-state index contributed by atoms with van der Waals surface area (Å²) < 4.78 is 10.2. The Kier molecular flexibility index (Phi) is 8.21. The van der Waals surface area contributed by atoms with Crippen molar-refractivity contribution in [1.82, 2.24) is 5.32 Å². The van der Waals surface area contributed by atoms with E-state index in [1.54, 1.807) is 6.07 Å². The fraction of sp³-hybridized carbons (Fsp3) is 0.438. The Morgan fingerprint density at radius 3 is 2.54 bits per heavy atom. The van der Waals surface area contributed by atoms with Gasteiger partial charge in [-0.05, 0) is 30.5 Å². The minimum absolute atomic E-state index is 0.144. The molecule has 0 aliphatic rings. The van der Waals surface area contributed by atoms with Crippen molar-refractivity contribution in [1.29, 1.82) is 0 Å². The first kappa shape index (κ1) is 20.4. The van der Waals surface area contributed by atoms with Gasteiger partial charge in [-0.2, -0.15) is 0 Å². The second kappa shape index (κ2) is 9.64. The third-order valence-corrected chi connectivity index (χ3v) is 3.83. The number of carbonyl (C=O) groups excluding carboxylic acids is 3. The van der Waals surface area contributed by atoms with Crippen LogP contribution in [0.3, 0.4) is 0 Å². The second-order valence-corrected chi connectivity index (χ2v) is 6.80. The van der Waals surface area contributed by atoms with Gasteiger partial charge in [0.1, 0.15) is 6.04 Å². The van der Waals surface area contributed by atoms with Gasteiger partial charge in [0.2, 0.25) is 0 Å². The fourth-order valence-corrected chi connectivity index (χ4v) is 2.48. The van der Waals surface area contributed by atoms with Gasteiger partial charge in [0.25, 0.3) is 5.91 Å². The summed E-state index contributed by atoms with van der Waals surface area (Å²) in [4.78, 5) is 35.5. The third kappa shape index (κ3) is 6.49. The Morgan fingerprint density at radius 1 is 1.29 bits per heavy atom. The highest BCUT2D eigenvalue weighted by Gasteiger charge is 2.23. The molecule has 1 aromatic carbocycles. The molecule has 0 aliphatic carbocycles. The molecule has 24 heavy (non-hydrogen) atoms. The molecule has 0 aliphatic heterocycles. The Bertz CT molecular complexity index is 620. The van der Waals surface area contributed by atoms with Gasteiger partial charge in [-0.1, -0.05) is 41.4 Å². The topological polar surface area (TPSA) is 81.7 Å². The van der Waals surface area contributed by atoms with Gasteiger partial charge in [-0.25, -0.2) is 9.59 Å². The first-order valence-corrected chi connectivity index (χ1v) is 8.41. The molecule has 1 aromatic rings. The zero-order valence-corrected chi connectivity index (χ0v) is 15.9. The number of amides is 1. The van der Waals surface area contributed by atoms with Crippen LogP contribution < -0.4 is 5.32 Å². The van der Waals surface area contributed by atoms with Crippen LogP contribution in [0, 0.1) is 5.92 Å². The van der Waals surface area contributed by atoms with E-state index in [9.17, 15) is 14.4 Å². The number of benzene rings is 1. The zero-order chi connectivity index (χ0) is 18.3. The van der Waals surface area contributed by atoms with Gasteiger partial charge >= 0.3 is 11.9 Å². The van der Waals surface area contributed by atoms with E-state index in [-0.39, 0.29) is 16.5 Å². The molecule has 132 valence electrons. The number of ether oxygens (including phenoxy) is 2. The van der Waals surface area contributed by atoms with Gasteiger partial charge in [0.15, 0.2) is 6.61 Å². The maximum absolute atomic E-state index is 12.0. The summed E-state index contributed by atoms with van der Waals surface area (Å²) in [7, 11) is 1.25. The zero-order valence-electron chi connectivity index (χ0n) is 13.6. The molecule has 0 bridgehead atoms. The summed E-state index contributed by atoms with van der Waals surface area (Å²) in [6.45, 7) is 3.31. The molecule has 8 heteroatoms. The van der Waals surface area contributed by atoms with Crippen LogP contribution >= 0.6 is 27.5 Å². The fourth-order valence-electron chi connectivity index (χ4n) is 1.93. The standard InChI is InChI=1S/C16H19BrClNO5/c1-9(2)6-13(16(22)23-3)19-14(20)8-24-15(21)11-7-10(17)4-5-12(11)18/h4-5,7,9,13H,6,8H2,1-3H3,(H,19,20). The lowest BCUT2D eigenvalue weighted by Gasteiger charge is -2.18. The number of halogens is 2. The van der Waals surface area contributed by atoms with Crippen molar-refractivity contribution >= 4 is 45.4 Å². The quantitative estimate of drug-likeness (QED) is 0.686. The number of methoxy groups -OCH3 is 1. The SMILES string of the molecule is COC(=O)C(CC(C)C)NC(=O)COC(=O)c1cc(Br)ccc1Cl. The van der Waals surface area contributed by atoms with Crippen LogP contribution in [-0.2, 0) is 19.1 Å². The van der Waals surface area contributed by atoms with Gasteiger partial charge in [0, 0.05) is 4.47 Å². The smallest absolute Gasteiger partial charge is 0.340 e. The van der Waals surface area contributed by atoms with Crippen molar-refractivity contribution in [2.75, 3.05) is 13.7 Å². The van der Waals surface area contributed by atoms with E-state index in [0.29, 0.717) is 10.9 Å². The number of hydrogen-bond donors (Lipinski definition) is 1. The van der Waals surface area contributed by atoms with Crippen molar-refractivity contribution in [3.8, 4) is 0 Å². The number of nitrogens with one attached hydrogen (secondary N) is 1. The highest BCUT2D eigenvalue weighted by atomic mass is 79.9. The molecule has 0 radical (unpaired) electrons. The van der Waals surface area contributed by atoms with E-state index in [0.717, 1.165) is 0 Å². The predicted octanol–water partition coefficient (Wildman–Crippen LogP) is 2.96. The first-order chi connectivity index (χ1) is 11.2. The van der Waals surface area contributed by atoms with Crippen LogP contribution in [0.2, 0.25) is 5.02 Å². The van der Waals surface area contributed by atoms with Crippen LogP contribution in [-0.4, -0.2) is 37.6 Å². The van der Waals surface area contributed by atoms with Crippen molar-refractivity contribution in [2.45, 2.75) is 26.3 Å². The molecule has 0 fully saturated rings. The van der Waals surface area contributed by atoms with Crippen molar-refractivity contribution in [3.63, 3.8) is 0 Å². The number of rotatable bonds is 7. The lowest BCUT2D eigenvalue weighted by molar-refractivity contribution is -0.145. The average Bonchev–Trinajstić information content (AvgIpc) is 2.53. The predicted molar refractivity (Wildman–Crippen MR) is 92.8 cm³/mol. The highest BCUT2D eigenvalue weighted by Crippen LogP contribution is 2.21. The third-order valence-electron chi connectivity index (χ3n) is 3.01. The van der Waals surface area contributed by atoms with E-state index < -0.39 is 30.5 Å². The maximum Gasteiger partial charge on any atom is 0.340 e. The molecular formula is C16H19BrClNO5. The lowest BCUT2D eigenvalue weighted by atomic mass is 10.0. The molecule has 0 spiro atoms. The summed E-state index contributed by atoms with van der Waals surface area (Å²) in [5.74, 6) is -1.68. The van der Waals surface area contributed by atoms with Gasteiger partial charge in [0.05, 0.1) is 17.7 Å². The molecule has 1 amide bonds. The van der Waals surface area contributed by atoms with E-state index in [4.69, 9.17) is 16.3 Å². The summed E-state index contributed by atoms with van der Waals surface area (Å²) >= 11 is 9.15. The number of esters is 2. The Balaban J connectivity index is 2.62. The maximum atomic E-state index is 12.0. The van der Waals surface area contributed by atoms with E-state index in [1.807, 2.05) is 13.8 Å². The summed E-state index contributed by atoms with van der Waals surface area (Å²) in [6.07, 6.45) is 0.420. The average molecular weight is 421 g/mol. The normalized spacial score (nSPS) is 11.8. The monoisotopic (exact) mass is 419 g/mol. The molecule has 0 heterocycles. The minimum Gasteiger partial charge on any atom is -0.467 e. The second-order valence-electron chi connectivity index (χ2n) is 5.47. The molecule has 0 aromatic heterocycles. The van der Waals surface area contributed by atoms with Crippen molar-refractivity contribution < 1.29 is 23.9 Å². The van der Waals surface area contributed by atoms with E-state index >= 15 is 0 Å². The van der Waals surface area contributed by atoms with Crippen molar-refractivity contribution in [2.24, 2.45) is 5.92 Å².